The van der Waals surface area contributed by atoms with Gasteiger partial charge in [0, 0.05) is 23.1 Å². The Morgan fingerprint density at radius 2 is 2.00 bits per heavy atom. The smallest absolute Gasteiger partial charge is 0.0457 e. The van der Waals surface area contributed by atoms with E-state index in [-0.39, 0.29) is 6.04 Å². The van der Waals surface area contributed by atoms with Gasteiger partial charge in [-0.1, -0.05) is 24.6 Å². The van der Waals surface area contributed by atoms with Crippen molar-refractivity contribution in [2.24, 2.45) is 11.5 Å². The van der Waals surface area contributed by atoms with Crippen molar-refractivity contribution in [2.75, 3.05) is 6.54 Å². The quantitative estimate of drug-likeness (QED) is 0.673. The molecule has 0 bridgehead atoms. The van der Waals surface area contributed by atoms with Crippen molar-refractivity contribution in [1.29, 1.82) is 0 Å². The van der Waals surface area contributed by atoms with Crippen molar-refractivity contribution in [1.82, 2.24) is 4.98 Å². The van der Waals surface area contributed by atoms with Crippen molar-refractivity contribution in [3.8, 4) is 0 Å². The van der Waals surface area contributed by atoms with Crippen LogP contribution in [0.1, 0.15) is 30.9 Å². The Kier molecular flexibility index (Phi) is 3.59. The second kappa shape index (κ2) is 5.14. The van der Waals surface area contributed by atoms with Crippen LogP contribution in [0, 0.1) is 0 Å². The maximum atomic E-state index is 6.19. The summed E-state index contributed by atoms with van der Waals surface area (Å²) in [6.45, 7) is 0.751. The van der Waals surface area contributed by atoms with Gasteiger partial charge in [0.1, 0.15) is 0 Å². The van der Waals surface area contributed by atoms with Gasteiger partial charge in [-0.05, 0) is 31.0 Å². The minimum absolute atomic E-state index is 0.114. The lowest BCUT2D eigenvalue weighted by molar-refractivity contribution is 0.594. The molecule has 1 aromatic carbocycles. The molecule has 2 rings (SSSR count). The van der Waals surface area contributed by atoms with E-state index in [0.29, 0.717) is 0 Å². The van der Waals surface area contributed by atoms with Gasteiger partial charge >= 0.3 is 0 Å². The van der Waals surface area contributed by atoms with E-state index in [1.807, 2.05) is 18.3 Å². The SMILES string of the molecule is NCCCC[C@H](N)c1c[nH]c2ccccc12. The number of nitrogens with one attached hydrogen (secondary N) is 1. The first-order valence-electron chi connectivity index (χ1n) is 5.84. The number of nitrogens with two attached hydrogens (primary N) is 2. The summed E-state index contributed by atoms with van der Waals surface area (Å²) >= 11 is 0. The Balaban J connectivity index is 2.13. The molecule has 1 heterocycles. The molecule has 2 aromatic rings. The number of hydrogen-bond donors (Lipinski definition) is 3. The highest BCUT2D eigenvalue weighted by atomic mass is 14.7. The number of aromatic amines is 1. The topological polar surface area (TPSA) is 67.8 Å². The van der Waals surface area contributed by atoms with Crippen LogP contribution in [-0.2, 0) is 0 Å². The second-order valence-electron chi connectivity index (χ2n) is 4.18. The van der Waals surface area contributed by atoms with Gasteiger partial charge in [0.25, 0.3) is 0 Å². The zero-order valence-electron chi connectivity index (χ0n) is 9.45. The maximum absolute atomic E-state index is 6.19. The molecule has 0 saturated carbocycles. The Hall–Kier alpha value is -1.32. The average Bonchev–Trinajstić information content (AvgIpc) is 2.73. The summed E-state index contributed by atoms with van der Waals surface area (Å²) in [5.41, 5.74) is 14.0. The highest BCUT2D eigenvalue weighted by molar-refractivity contribution is 5.83. The van der Waals surface area contributed by atoms with Gasteiger partial charge in [-0.3, -0.25) is 0 Å². The number of benzene rings is 1. The normalized spacial score (nSPS) is 13.1. The lowest BCUT2D eigenvalue weighted by atomic mass is 10.0. The van der Waals surface area contributed by atoms with E-state index in [9.17, 15) is 0 Å². The van der Waals surface area contributed by atoms with E-state index in [0.717, 1.165) is 31.3 Å². The predicted molar refractivity (Wildman–Crippen MR) is 68.1 cm³/mol. The Morgan fingerprint density at radius 3 is 2.81 bits per heavy atom. The molecule has 16 heavy (non-hydrogen) atoms. The number of aromatic nitrogens is 1. The van der Waals surface area contributed by atoms with E-state index in [2.05, 4.69) is 17.1 Å². The summed E-state index contributed by atoms with van der Waals surface area (Å²) in [5.74, 6) is 0. The Morgan fingerprint density at radius 1 is 1.19 bits per heavy atom. The summed E-state index contributed by atoms with van der Waals surface area (Å²) in [6, 6.07) is 8.38. The summed E-state index contributed by atoms with van der Waals surface area (Å²) in [4.78, 5) is 3.25. The molecule has 1 atom stereocenters. The minimum Gasteiger partial charge on any atom is -0.361 e. The van der Waals surface area contributed by atoms with Crippen LogP contribution in [0.4, 0.5) is 0 Å². The van der Waals surface area contributed by atoms with Crippen LogP contribution in [0.25, 0.3) is 10.9 Å². The van der Waals surface area contributed by atoms with Gasteiger partial charge < -0.3 is 16.5 Å². The van der Waals surface area contributed by atoms with Crippen LogP contribution in [0.15, 0.2) is 30.5 Å². The fourth-order valence-corrected chi connectivity index (χ4v) is 2.06. The minimum atomic E-state index is 0.114. The zero-order valence-corrected chi connectivity index (χ0v) is 9.45. The van der Waals surface area contributed by atoms with Crippen molar-refractivity contribution in [3.63, 3.8) is 0 Å². The lowest BCUT2D eigenvalue weighted by Gasteiger charge is -2.10. The number of hydrogen-bond acceptors (Lipinski definition) is 2. The monoisotopic (exact) mass is 217 g/mol. The van der Waals surface area contributed by atoms with Crippen LogP contribution < -0.4 is 11.5 Å². The molecule has 0 radical (unpaired) electrons. The molecular formula is C13H19N3. The van der Waals surface area contributed by atoms with Crippen molar-refractivity contribution in [2.45, 2.75) is 25.3 Å². The van der Waals surface area contributed by atoms with Crippen LogP contribution in [0.2, 0.25) is 0 Å². The molecule has 0 aliphatic carbocycles. The van der Waals surface area contributed by atoms with E-state index < -0.39 is 0 Å². The maximum Gasteiger partial charge on any atom is 0.0457 e. The summed E-state index contributed by atoms with van der Waals surface area (Å²) in [5, 5.41) is 1.24. The standard InChI is InChI=1S/C13H19N3/c14-8-4-3-6-12(15)11-9-16-13-7-2-1-5-10(11)13/h1-2,5,7,9,12,16H,3-4,6,8,14-15H2/t12-/m0/s1. The molecule has 86 valence electrons. The van der Waals surface area contributed by atoms with Crippen molar-refractivity contribution in [3.05, 3.63) is 36.0 Å². The second-order valence-corrected chi connectivity index (χ2v) is 4.18. The fraction of sp³-hybridized carbons (Fsp3) is 0.385. The average molecular weight is 217 g/mol. The van der Waals surface area contributed by atoms with Crippen LogP contribution in [0.5, 0.6) is 0 Å². The first kappa shape index (κ1) is 11.2. The van der Waals surface area contributed by atoms with Crippen LogP contribution >= 0.6 is 0 Å². The van der Waals surface area contributed by atoms with Gasteiger partial charge in [-0.25, -0.2) is 0 Å². The summed E-state index contributed by atoms with van der Waals surface area (Å²) in [6.07, 6.45) is 5.17. The van der Waals surface area contributed by atoms with E-state index in [1.54, 1.807) is 0 Å². The third-order valence-corrected chi connectivity index (χ3v) is 2.99. The molecule has 1 aromatic heterocycles. The predicted octanol–water partition coefficient (Wildman–Crippen LogP) is 2.30. The Labute approximate surface area is 95.8 Å². The molecule has 0 aliphatic heterocycles. The fourth-order valence-electron chi connectivity index (χ4n) is 2.06. The van der Waals surface area contributed by atoms with Gasteiger partial charge in [0.15, 0.2) is 0 Å². The molecule has 0 saturated heterocycles. The number of unbranched alkanes of at least 4 members (excludes halogenated alkanes) is 1. The number of para-hydroxylation sites is 1. The Bertz CT molecular complexity index is 447. The third kappa shape index (κ3) is 2.26. The van der Waals surface area contributed by atoms with Gasteiger partial charge in [0.2, 0.25) is 0 Å². The van der Waals surface area contributed by atoms with Crippen molar-refractivity contribution >= 4 is 10.9 Å². The van der Waals surface area contributed by atoms with E-state index >= 15 is 0 Å². The number of H-pyrrole nitrogens is 1. The molecule has 0 spiro atoms. The van der Waals surface area contributed by atoms with Gasteiger partial charge in [0.05, 0.1) is 0 Å². The summed E-state index contributed by atoms with van der Waals surface area (Å²) < 4.78 is 0. The molecular weight excluding hydrogens is 198 g/mol. The highest BCUT2D eigenvalue weighted by Crippen LogP contribution is 2.25. The highest BCUT2D eigenvalue weighted by Gasteiger charge is 2.10. The first-order chi connectivity index (χ1) is 7.83. The third-order valence-electron chi connectivity index (χ3n) is 2.99. The molecule has 0 unspecified atom stereocenters. The lowest BCUT2D eigenvalue weighted by Crippen LogP contribution is -2.10. The molecule has 0 amide bonds. The molecule has 5 N–H and O–H groups in total. The largest absolute Gasteiger partial charge is 0.361 e. The number of fused-ring (bicyclic) bond motifs is 1. The first-order valence-corrected chi connectivity index (χ1v) is 5.84. The van der Waals surface area contributed by atoms with E-state index in [1.165, 1.54) is 10.9 Å². The molecule has 0 fully saturated rings. The summed E-state index contributed by atoms with van der Waals surface area (Å²) in [7, 11) is 0. The number of rotatable bonds is 5. The van der Waals surface area contributed by atoms with Crippen molar-refractivity contribution < 1.29 is 0 Å². The zero-order chi connectivity index (χ0) is 11.4. The van der Waals surface area contributed by atoms with Gasteiger partial charge in [-0.2, -0.15) is 0 Å². The molecule has 0 aliphatic rings. The van der Waals surface area contributed by atoms with Gasteiger partial charge in [-0.15, -0.1) is 0 Å². The van der Waals surface area contributed by atoms with Crippen LogP contribution in [0.3, 0.4) is 0 Å². The van der Waals surface area contributed by atoms with E-state index in [4.69, 9.17) is 11.5 Å². The van der Waals surface area contributed by atoms with Crippen LogP contribution in [-0.4, -0.2) is 11.5 Å². The molecule has 3 heteroatoms. The molecule has 3 nitrogen and oxygen atoms in total.